The minimum absolute atomic E-state index is 0.175. The van der Waals surface area contributed by atoms with Crippen LogP contribution in [0.3, 0.4) is 0 Å². The molecule has 1 N–H and O–H groups in total. The van der Waals surface area contributed by atoms with Crippen molar-refractivity contribution in [1.82, 2.24) is 20.0 Å². The third-order valence-electron chi connectivity index (χ3n) is 6.78. The third-order valence-corrected chi connectivity index (χ3v) is 7.77. The predicted octanol–water partition coefficient (Wildman–Crippen LogP) is 5.91. The van der Waals surface area contributed by atoms with Gasteiger partial charge in [0.15, 0.2) is 0 Å². The van der Waals surface area contributed by atoms with Gasteiger partial charge in [-0.25, -0.2) is 15.4 Å². The van der Waals surface area contributed by atoms with Crippen LogP contribution in [-0.4, -0.2) is 46.5 Å². The van der Waals surface area contributed by atoms with Crippen molar-refractivity contribution >= 4 is 40.6 Å². The van der Waals surface area contributed by atoms with Crippen molar-refractivity contribution in [2.75, 3.05) is 24.7 Å². The minimum atomic E-state index is -0.175. The summed E-state index contributed by atoms with van der Waals surface area (Å²) in [6, 6.07) is 18.8. The van der Waals surface area contributed by atoms with Gasteiger partial charge in [0.2, 0.25) is 5.91 Å². The molecule has 0 bridgehead atoms. The van der Waals surface area contributed by atoms with E-state index in [0.29, 0.717) is 6.04 Å². The Kier molecular flexibility index (Phi) is 7.84. The van der Waals surface area contributed by atoms with Gasteiger partial charge in [-0.3, -0.25) is 4.79 Å². The molecular formula is C29H32N6OS. The number of anilines is 1. The highest BCUT2D eigenvalue weighted by atomic mass is 32.2. The van der Waals surface area contributed by atoms with Gasteiger partial charge in [-0.2, -0.15) is 5.10 Å². The first kappa shape index (κ1) is 25.0. The number of hydrogen-bond donors (Lipinski definition) is 1. The summed E-state index contributed by atoms with van der Waals surface area (Å²) < 4.78 is 2.34. The number of nitrogens with one attached hydrogen (secondary N) is 1. The number of amides is 1. The van der Waals surface area contributed by atoms with Crippen LogP contribution in [0.5, 0.6) is 0 Å². The van der Waals surface area contributed by atoms with E-state index in [4.69, 9.17) is 4.98 Å². The molecule has 2 aromatic carbocycles. The summed E-state index contributed by atoms with van der Waals surface area (Å²) in [6.45, 7) is 0. The minimum Gasteiger partial charge on any atom is -0.378 e. The molecule has 0 radical (unpaired) electrons. The van der Waals surface area contributed by atoms with Crippen LogP contribution in [0.4, 0.5) is 5.69 Å². The van der Waals surface area contributed by atoms with Crippen molar-refractivity contribution in [1.29, 1.82) is 0 Å². The van der Waals surface area contributed by atoms with Crippen molar-refractivity contribution in [3.05, 3.63) is 72.7 Å². The van der Waals surface area contributed by atoms with Crippen molar-refractivity contribution < 1.29 is 4.79 Å². The molecule has 7 nitrogen and oxygen atoms in total. The second-order valence-electron chi connectivity index (χ2n) is 9.55. The normalized spacial score (nSPS) is 14.3. The zero-order valence-electron chi connectivity index (χ0n) is 21.3. The maximum Gasteiger partial charge on any atom is 0.250 e. The summed E-state index contributed by atoms with van der Waals surface area (Å²) >= 11 is 1.42. The molecular weight excluding hydrogens is 480 g/mol. The topological polar surface area (TPSA) is 75.4 Å². The van der Waals surface area contributed by atoms with Crippen molar-refractivity contribution in [2.45, 2.75) is 43.2 Å². The molecule has 190 valence electrons. The summed E-state index contributed by atoms with van der Waals surface area (Å²) in [7, 11) is 4.00. The molecule has 0 aliphatic heterocycles. The second kappa shape index (κ2) is 11.6. The lowest BCUT2D eigenvalue weighted by Gasteiger charge is -2.23. The monoisotopic (exact) mass is 512 g/mol. The van der Waals surface area contributed by atoms with Gasteiger partial charge >= 0.3 is 0 Å². The van der Waals surface area contributed by atoms with Crippen molar-refractivity contribution in [2.24, 2.45) is 5.10 Å². The largest absolute Gasteiger partial charge is 0.378 e. The lowest BCUT2D eigenvalue weighted by atomic mass is 9.95. The lowest BCUT2D eigenvalue weighted by Crippen LogP contribution is -2.19. The second-order valence-corrected chi connectivity index (χ2v) is 10.5. The van der Waals surface area contributed by atoms with Gasteiger partial charge in [0.1, 0.15) is 17.0 Å². The van der Waals surface area contributed by atoms with Crippen molar-refractivity contribution in [3.8, 4) is 11.1 Å². The van der Waals surface area contributed by atoms with Crippen LogP contribution >= 0.6 is 11.8 Å². The SMILES string of the molecule is CN(C)c1ccc(/C=N/NC(=O)CSc2ncnc3c2c(-c2ccccc2)cn3C2CCCCC2)cc1. The fourth-order valence-corrected chi connectivity index (χ4v) is 5.64. The van der Waals surface area contributed by atoms with Crippen LogP contribution in [0.1, 0.15) is 43.7 Å². The molecule has 0 atom stereocenters. The van der Waals surface area contributed by atoms with Gasteiger partial charge in [0.05, 0.1) is 17.4 Å². The molecule has 1 aliphatic carbocycles. The molecule has 4 aromatic rings. The molecule has 1 fully saturated rings. The quantitative estimate of drug-likeness (QED) is 0.137. The van der Waals surface area contributed by atoms with Crippen molar-refractivity contribution in [3.63, 3.8) is 0 Å². The number of carbonyl (C=O) groups excluding carboxylic acids is 1. The molecule has 2 aromatic heterocycles. The highest BCUT2D eigenvalue weighted by Gasteiger charge is 2.23. The lowest BCUT2D eigenvalue weighted by molar-refractivity contribution is -0.118. The number of benzene rings is 2. The molecule has 8 heteroatoms. The Morgan fingerprint density at radius 3 is 2.57 bits per heavy atom. The maximum absolute atomic E-state index is 12.6. The number of carbonyl (C=O) groups is 1. The Labute approximate surface area is 222 Å². The predicted molar refractivity (Wildman–Crippen MR) is 152 cm³/mol. The van der Waals surface area contributed by atoms with Crippen LogP contribution in [0.2, 0.25) is 0 Å². The van der Waals surface area contributed by atoms with Gasteiger partial charge in [0, 0.05) is 37.6 Å². The first-order chi connectivity index (χ1) is 18.1. The molecule has 2 heterocycles. The number of fused-ring (bicyclic) bond motifs is 1. The Hall–Kier alpha value is -3.65. The van der Waals surface area contributed by atoms with Crippen LogP contribution in [0, 0.1) is 0 Å². The van der Waals surface area contributed by atoms with Crippen LogP contribution in [-0.2, 0) is 4.79 Å². The highest BCUT2D eigenvalue weighted by molar-refractivity contribution is 8.00. The van der Waals surface area contributed by atoms with Gasteiger partial charge < -0.3 is 9.47 Å². The molecule has 1 amide bonds. The Bertz CT molecular complexity index is 1380. The number of rotatable bonds is 8. The Balaban J connectivity index is 1.34. The number of hydrogen-bond acceptors (Lipinski definition) is 6. The number of thioether (sulfide) groups is 1. The first-order valence-corrected chi connectivity index (χ1v) is 13.7. The molecule has 5 rings (SSSR count). The number of hydrazone groups is 1. The number of nitrogens with zero attached hydrogens (tertiary/aromatic N) is 5. The van der Waals surface area contributed by atoms with E-state index in [9.17, 15) is 4.79 Å². The standard InChI is InChI=1S/C29H32N6OS/c1-34(2)23-15-13-21(14-16-23)17-32-33-26(36)19-37-29-27-25(22-9-5-3-6-10-22)18-35(28(27)30-20-31-29)24-11-7-4-8-12-24/h3,5-6,9-10,13-18,20,24H,4,7-8,11-12,19H2,1-2H3,(H,33,36)/b32-17+. The zero-order valence-corrected chi connectivity index (χ0v) is 22.1. The van der Waals surface area contributed by atoms with E-state index < -0.39 is 0 Å². The molecule has 0 unspecified atom stereocenters. The van der Waals surface area contributed by atoms with E-state index in [1.165, 1.54) is 43.9 Å². The Morgan fingerprint density at radius 2 is 1.84 bits per heavy atom. The zero-order chi connectivity index (χ0) is 25.6. The first-order valence-electron chi connectivity index (χ1n) is 12.7. The fourth-order valence-electron chi connectivity index (χ4n) is 4.84. The molecule has 1 saturated carbocycles. The molecule has 37 heavy (non-hydrogen) atoms. The van der Waals surface area contributed by atoms with Gasteiger partial charge in [-0.05, 0) is 36.1 Å². The highest BCUT2D eigenvalue weighted by Crippen LogP contribution is 2.39. The summed E-state index contributed by atoms with van der Waals surface area (Å²) in [4.78, 5) is 23.9. The van der Waals surface area contributed by atoms with E-state index in [1.807, 2.05) is 49.3 Å². The summed E-state index contributed by atoms with van der Waals surface area (Å²) in [5.41, 5.74) is 7.87. The molecule has 0 spiro atoms. The Morgan fingerprint density at radius 1 is 1.08 bits per heavy atom. The van der Waals surface area contributed by atoms with E-state index in [2.05, 4.69) is 50.5 Å². The van der Waals surface area contributed by atoms with Gasteiger partial charge in [0.25, 0.3) is 0 Å². The van der Waals surface area contributed by atoms with Gasteiger partial charge in [-0.15, -0.1) is 0 Å². The molecule has 1 aliphatic rings. The van der Waals surface area contributed by atoms with Gasteiger partial charge in [-0.1, -0.05) is 73.5 Å². The van der Waals surface area contributed by atoms with Crippen LogP contribution < -0.4 is 10.3 Å². The van der Waals surface area contributed by atoms with Crippen LogP contribution in [0.25, 0.3) is 22.2 Å². The smallest absolute Gasteiger partial charge is 0.250 e. The van der Waals surface area contributed by atoms with E-state index in [-0.39, 0.29) is 11.7 Å². The number of aromatic nitrogens is 3. The van der Waals surface area contributed by atoms with Crippen LogP contribution in [0.15, 0.2) is 77.2 Å². The van der Waals surface area contributed by atoms with E-state index in [1.54, 1.807) is 12.5 Å². The van der Waals surface area contributed by atoms with E-state index in [0.717, 1.165) is 38.4 Å². The summed E-state index contributed by atoms with van der Waals surface area (Å²) in [6.07, 6.45) is 11.6. The summed E-state index contributed by atoms with van der Waals surface area (Å²) in [5, 5.41) is 5.96. The fraction of sp³-hybridized carbons (Fsp3) is 0.310. The summed E-state index contributed by atoms with van der Waals surface area (Å²) in [5.74, 6) is 0.0391. The molecule has 0 saturated heterocycles. The average Bonchev–Trinajstić information content (AvgIpc) is 3.34. The third kappa shape index (κ3) is 5.85. The van der Waals surface area contributed by atoms with E-state index >= 15 is 0 Å². The average molecular weight is 513 g/mol. The maximum atomic E-state index is 12.6.